The first-order valence-corrected chi connectivity index (χ1v) is 49.7. The van der Waals surface area contributed by atoms with Crippen molar-refractivity contribution >= 4 is 121 Å². The monoisotopic (exact) mass is 2060 g/mol. The van der Waals surface area contributed by atoms with Gasteiger partial charge in [-0.05, 0) is 299 Å². The van der Waals surface area contributed by atoms with E-state index in [1.54, 1.807) is 80.3 Å². The Morgan fingerprint density at radius 3 is 0.910 bits per heavy atom. The van der Waals surface area contributed by atoms with Crippen molar-refractivity contribution in [2.75, 3.05) is 97.2 Å². The highest BCUT2D eigenvalue weighted by Crippen LogP contribution is 2.47. The zero-order chi connectivity index (χ0) is 105. The molecular formula is C109H122Cl3F12N11O9. The van der Waals surface area contributed by atoms with Crippen LogP contribution in [0.25, 0.3) is 0 Å². The maximum atomic E-state index is 15.1. The number of carbonyl (C=O) groups is 9. The van der Waals surface area contributed by atoms with Crippen LogP contribution < -0.4 is 36.4 Å². The van der Waals surface area contributed by atoms with Gasteiger partial charge in [0.25, 0.3) is 17.7 Å². The standard InChI is InChI=1S/C37H42F4N4O3.C35H36ClF4N3O3.C33H35F4N3O2.C2H2Cl2O.C2H7N/c1-23-14-17-26(21-30(23)37(39,40)41)42-35(47)29-12-8-20-44(36(48)33-24(2)9-7-13-31(33)38)34(29)25-15-18-28(19-16-25)45(27-10-5-6-11-27)32(46)22-43(3)4;1-21-12-15-24(19-28(21)35(38,39)40)41-33(45)27-10-6-18-42(34(46)31-22(2)7-5-11-29(31)37)32(27)23-13-16-26(17-14-23)43(30(44)20-36)25-8-3-4-9-25;1-20-12-15-25(19-27(20)33(35,36)37)39-31(41)26-10-6-18-40(32(42)29-21(2)7-5-11-28(29)34)30(26)22-13-16-24(17-14-22)38-23-8-3-4-9-23;3-1-2(4)5;1-3-2/h7,9,13-19,21,27,29,34H,5-6,8,10-12,20,22H2,1-4H3,(H,42,47);5,7,11-17,19,25,27,32H,3-4,6,8-10,18,20H2,1-2H3,(H,41,45);5,7,11-17,19,23,26,30,38H,3-4,6,8-10,18H2,1-2H3,(H,39,41);1H2;3H,1-2H3/t29-,34-;27-,32-;26-,30-;;/m000../s1. The lowest BCUT2D eigenvalue weighted by Crippen LogP contribution is -2.47. The number of benzene rings is 9. The Morgan fingerprint density at radius 1 is 0.361 bits per heavy atom. The molecule has 0 radical (unpaired) electrons. The molecule has 3 saturated carbocycles. The van der Waals surface area contributed by atoms with Crippen LogP contribution in [0.1, 0.15) is 232 Å². The molecule has 9 aromatic rings. The molecule has 3 aliphatic carbocycles. The van der Waals surface area contributed by atoms with Crippen LogP contribution in [0.2, 0.25) is 0 Å². The number of hydrogen-bond donors (Lipinski definition) is 5. The average molecular weight is 2060 g/mol. The van der Waals surface area contributed by atoms with Gasteiger partial charge in [-0.2, -0.15) is 39.5 Å². The molecule has 3 heterocycles. The SMILES string of the molecule is CNC.Cc1ccc(NC(=O)[C@H]2CCCN(C(=O)c3c(C)cccc3F)[C@H]2c2ccc(N(C(=O)CCl)C3CCCC3)cc2)cc1C(F)(F)F.Cc1ccc(NC(=O)[C@H]2CCCN(C(=O)c3c(C)cccc3F)[C@H]2c2ccc(N(C(=O)CN(C)C)C3CCCC3)cc2)cc1C(F)(F)F.Cc1ccc(NC(=O)[C@H]2CCCN(C(=O)c3c(C)cccc3F)[C@H]2c2ccc(NC3CCCC3)cc2)cc1C(F)(F)F.O=C(Cl)CCl. The van der Waals surface area contributed by atoms with Crippen LogP contribution >= 0.6 is 34.8 Å². The van der Waals surface area contributed by atoms with Crippen molar-refractivity contribution in [2.45, 2.75) is 212 Å². The summed E-state index contributed by atoms with van der Waals surface area (Å²) in [5.74, 6) is -8.26. The van der Waals surface area contributed by atoms with Crippen molar-refractivity contribution in [3.63, 3.8) is 0 Å². The molecule has 8 amide bonds. The molecule has 35 heteroatoms. The summed E-state index contributed by atoms with van der Waals surface area (Å²) in [6.45, 7) is 10.1. The average Bonchev–Trinajstić information content (AvgIpc) is 0.850. The largest absolute Gasteiger partial charge is 0.416 e. The highest BCUT2D eigenvalue weighted by molar-refractivity contribution is 6.67. The van der Waals surface area contributed by atoms with Crippen LogP contribution in [-0.2, 0) is 47.3 Å². The Hall–Kier alpha value is -11.8. The third-order valence-electron chi connectivity index (χ3n) is 27.0. The van der Waals surface area contributed by atoms with E-state index < -0.39 is 129 Å². The Bertz CT molecular complexity index is 5940. The quantitative estimate of drug-likeness (QED) is 0.0242. The van der Waals surface area contributed by atoms with Crippen LogP contribution in [-0.4, -0.2) is 156 Å². The number of alkyl halides is 11. The molecule has 9 aromatic carbocycles. The number of likely N-dealkylation sites (tertiary alicyclic amines) is 3. The Kier molecular flexibility index (Phi) is 39.7. The number of piperidine rings is 3. The maximum Gasteiger partial charge on any atom is 0.416 e. The van der Waals surface area contributed by atoms with Crippen molar-refractivity contribution in [3.05, 3.63) is 283 Å². The highest BCUT2D eigenvalue weighted by atomic mass is 35.5. The van der Waals surface area contributed by atoms with Gasteiger partial charge in [-0.1, -0.05) is 130 Å². The van der Waals surface area contributed by atoms with Gasteiger partial charge in [0, 0.05) is 71.9 Å². The molecule has 15 rings (SSSR count). The number of aryl methyl sites for hydroxylation is 6. The summed E-state index contributed by atoms with van der Waals surface area (Å²) >= 11 is 15.5. The number of nitrogens with zero attached hydrogens (tertiary/aromatic N) is 6. The molecule has 20 nitrogen and oxygen atoms in total. The number of nitrogens with one attached hydrogen (secondary N) is 5. The van der Waals surface area contributed by atoms with Crippen LogP contribution in [0.5, 0.6) is 0 Å². The van der Waals surface area contributed by atoms with Gasteiger partial charge >= 0.3 is 18.5 Å². The van der Waals surface area contributed by atoms with E-state index in [-0.39, 0.29) is 106 Å². The fourth-order valence-electron chi connectivity index (χ4n) is 20.2. The van der Waals surface area contributed by atoms with Crippen LogP contribution in [0.3, 0.4) is 0 Å². The molecule has 144 heavy (non-hydrogen) atoms. The van der Waals surface area contributed by atoms with E-state index >= 15 is 8.78 Å². The van der Waals surface area contributed by atoms with Gasteiger partial charge in [0.2, 0.25) is 34.8 Å². The molecule has 0 bridgehead atoms. The van der Waals surface area contributed by atoms with Crippen LogP contribution in [0.4, 0.5) is 86.8 Å². The lowest BCUT2D eigenvalue weighted by molar-refractivity contribution is -0.138. The first kappa shape index (κ1) is 112. The molecule has 6 aliphatic rings. The predicted octanol–water partition coefficient (Wildman–Crippen LogP) is 24.6. The number of carbonyl (C=O) groups excluding carboxylic acids is 9. The summed E-state index contributed by atoms with van der Waals surface area (Å²) in [6.07, 6.45) is 0.848. The maximum absolute atomic E-state index is 15.1. The first-order chi connectivity index (χ1) is 68.4. The molecule has 0 spiro atoms. The van der Waals surface area contributed by atoms with Gasteiger partial charge in [0.15, 0.2) is 0 Å². The third kappa shape index (κ3) is 28.5. The van der Waals surface area contributed by atoms with E-state index in [2.05, 4.69) is 26.6 Å². The van der Waals surface area contributed by atoms with E-state index in [4.69, 9.17) is 34.8 Å². The minimum Gasteiger partial charge on any atom is -0.382 e. The second kappa shape index (κ2) is 50.8. The smallest absolute Gasteiger partial charge is 0.382 e. The van der Waals surface area contributed by atoms with Crippen molar-refractivity contribution in [3.8, 4) is 0 Å². The van der Waals surface area contributed by atoms with E-state index in [0.29, 0.717) is 95.9 Å². The Morgan fingerprint density at radius 2 is 0.639 bits per heavy atom. The van der Waals surface area contributed by atoms with E-state index in [1.165, 1.54) is 121 Å². The van der Waals surface area contributed by atoms with Gasteiger partial charge in [0.05, 0.1) is 81.7 Å². The lowest BCUT2D eigenvalue weighted by atomic mass is 9.83. The van der Waals surface area contributed by atoms with Crippen molar-refractivity contribution < 1.29 is 95.8 Å². The Balaban J connectivity index is 0.000000198. The molecule has 6 fully saturated rings. The number of halogens is 15. The van der Waals surface area contributed by atoms with Gasteiger partial charge in [-0.3, -0.25) is 43.2 Å². The number of hydrogen-bond acceptors (Lipinski definition) is 12. The van der Waals surface area contributed by atoms with E-state index in [1.807, 2.05) is 74.4 Å². The van der Waals surface area contributed by atoms with E-state index in [9.17, 15) is 87.1 Å². The van der Waals surface area contributed by atoms with Crippen molar-refractivity contribution in [1.82, 2.24) is 24.9 Å². The molecule has 3 saturated heterocycles. The van der Waals surface area contributed by atoms with Crippen LogP contribution in [0.15, 0.2) is 182 Å². The zero-order valence-electron chi connectivity index (χ0n) is 82.0. The molecule has 5 N–H and O–H groups in total. The highest BCUT2D eigenvalue weighted by Gasteiger charge is 2.47. The summed E-state index contributed by atoms with van der Waals surface area (Å²) in [4.78, 5) is 129. The van der Waals surface area contributed by atoms with Crippen molar-refractivity contribution in [2.24, 2.45) is 17.8 Å². The van der Waals surface area contributed by atoms with E-state index in [0.717, 1.165) is 88.1 Å². The number of rotatable bonds is 22. The topological polar surface area (TPSA) is 233 Å². The normalized spacial score (nSPS) is 18.3. The van der Waals surface area contributed by atoms with Gasteiger partial charge < -0.3 is 56.0 Å². The minimum atomic E-state index is -4.60. The summed E-state index contributed by atoms with van der Waals surface area (Å²) < 4.78 is 167. The number of amides is 8. The van der Waals surface area contributed by atoms with Crippen molar-refractivity contribution in [1.29, 1.82) is 0 Å². The molecular weight excluding hydrogens is 1940 g/mol. The molecule has 3 aliphatic heterocycles. The summed E-state index contributed by atoms with van der Waals surface area (Å²) in [5, 5.41) is 13.8. The molecule has 772 valence electrons. The summed E-state index contributed by atoms with van der Waals surface area (Å²) in [6, 6.07) is 44.0. The number of anilines is 6. The molecule has 6 atom stereocenters. The summed E-state index contributed by atoms with van der Waals surface area (Å²) in [5.41, 5.74) is 2.90. The minimum absolute atomic E-state index is 0.00738. The molecule has 0 unspecified atom stereocenters. The fraction of sp³-hybridized carbons (Fsp3) is 0.422. The Labute approximate surface area is 847 Å². The van der Waals surface area contributed by atoms with Gasteiger partial charge in [-0.25, -0.2) is 13.2 Å². The fourth-order valence-corrected chi connectivity index (χ4v) is 20.3. The lowest BCUT2D eigenvalue weighted by Gasteiger charge is -2.41. The van der Waals surface area contributed by atoms with Gasteiger partial charge in [0.1, 0.15) is 23.3 Å². The second-order valence-corrected chi connectivity index (χ2v) is 38.6. The van der Waals surface area contributed by atoms with Crippen LogP contribution in [0, 0.1) is 76.7 Å². The second-order valence-electron chi connectivity index (χ2n) is 37.6. The summed E-state index contributed by atoms with van der Waals surface area (Å²) in [7, 11) is 7.43. The third-order valence-corrected chi connectivity index (χ3v) is 27.8. The zero-order valence-corrected chi connectivity index (χ0v) is 84.3. The number of likely N-dealkylation sites (N-methyl/N-ethyl adjacent to an activating group) is 1. The first-order valence-electron chi connectivity index (χ1n) is 48.3. The molecule has 0 aromatic heterocycles. The van der Waals surface area contributed by atoms with Gasteiger partial charge in [-0.15, -0.1) is 23.2 Å². The predicted molar refractivity (Wildman–Crippen MR) is 538 cm³/mol.